The number of aldehydes is 1. The van der Waals surface area contributed by atoms with Crippen molar-refractivity contribution in [2.75, 3.05) is 11.4 Å². The lowest BCUT2D eigenvalue weighted by atomic mass is 10.2. The third kappa shape index (κ3) is 3.58. The second-order valence-corrected chi connectivity index (χ2v) is 6.25. The Morgan fingerprint density at radius 2 is 1.57 bits per heavy atom. The Morgan fingerprint density at radius 1 is 0.952 bits per heavy atom. The van der Waals surface area contributed by atoms with Gasteiger partial charge in [-0.3, -0.25) is 9.10 Å². The number of benzene rings is 2. The lowest BCUT2D eigenvalue weighted by Crippen LogP contribution is -2.25. The highest BCUT2D eigenvalue weighted by Gasteiger charge is 2.17. The third-order valence-electron chi connectivity index (χ3n) is 3.02. The molecule has 0 aliphatic rings. The molecule has 2 aromatic carbocycles. The number of para-hydroxylation sites is 1. The van der Waals surface area contributed by atoms with Crippen LogP contribution in [0.4, 0.5) is 5.69 Å². The molecule has 4 nitrogen and oxygen atoms in total. The van der Waals surface area contributed by atoms with Crippen LogP contribution in [-0.2, 0) is 10.0 Å². The quantitative estimate of drug-likeness (QED) is 0.798. The fourth-order valence-electron chi connectivity index (χ4n) is 1.83. The maximum Gasteiger partial charge on any atom is 0.257 e. The minimum atomic E-state index is -3.65. The van der Waals surface area contributed by atoms with E-state index in [1.165, 1.54) is 13.1 Å². The molecule has 0 N–H and O–H groups in total. The van der Waals surface area contributed by atoms with Crippen molar-refractivity contribution < 1.29 is 13.2 Å². The number of nitrogens with zero attached hydrogens (tertiary/aromatic N) is 1. The van der Waals surface area contributed by atoms with E-state index in [2.05, 4.69) is 0 Å². The summed E-state index contributed by atoms with van der Waals surface area (Å²) in [4.78, 5) is 11.0. The zero-order valence-corrected chi connectivity index (χ0v) is 12.3. The summed E-state index contributed by atoms with van der Waals surface area (Å²) < 4.78 is 25.7. The van der Waals surface area contributed by atoms with E-state index in [9.17, 15) is 13.2 Å². The van der Waals surface area contributed by atoms with Gasteiger partial charge in [0.25, 0.3) is 10.0 Å². The molecule has 0 radical (unpaired) electrons. The van der Waals surface area contributed by atoms with E-state index >= 15 is 0 Å². The van der Waals surface area contributed by atoms with Crippen LogP contribution in [-0.4, -0.2) is 21.8 Å². The summed E-state index contributed by atoms with van der Waals surface area (Å²) in [7, 11) is -2.23. The molecular formula is C16H15NO3S. The highest BCUT2D eigenvalue weighted by Crippen LogP contribution is 2.21. The van der Waals surface area contributed by atoms with Crippen LogP contribution in [0.15, 0.2) is 60.0 Å². The zero-order chi connectivity index (χ0) is 15.3. The molecule has 0 aromatic heterocycles. The molecule has 2 aromatic rings. The van der Waals surface area contributed by atoms with Gasteiger partial charge in [0, 0.05) is 12.6 Å². The maximum atomic E-state index is 12.3. The summed E-state index contributed by atoms with van der Waals surface area (Å²) in [5, 5.41) is 1.13. The van der Waals surface area contributed by atoms with Crippen molar-refractivity contribution in [2.45, 2.75) is 0 Å². The van der Waals surface area contributed by atoms with Gasteiger partial charge in [0.05, 0.1) is 11.1 Å². The minimum Gasteiger partial charge on any atom is -0.298 e. The predicted octanol–water partition coefficient (Wildman–Crippen LogP) is 2.94. The van der Waals surface area contributed by atoms with E-state index in [0.29, 0.717) is 17.5 Å². The second-order valence-electron chi connectivity index (χ2n) is 4.40. The van der Waals surface area contributed by atoms with Gasteiger partial charge in [-0.1, -0.05) is 42.5 Å². The maximum absolute atomic E-state index is 12.3. The van der Waals surface area contributed by atoms with Crippen molar-refractivity contribution in [3.8, 4) is 0 Å². The van der Waals surface area contributed by atoms with Gasteiger partial charge in [-0.05, 0) is 23.8 Å². The molecule has 0 fully saturated rings. The molecule has 0 heterocycles. The van der Waals surface area contributed by atoms with E-state index in [0.717, 1.165) is 15.3 Å². The third-order valence-corrected chi connectivity index (χ3v) is 4.46. The Labute approximate surface area is 124 Å². The van der Waals surface area contributed by atoms with Gasteiger partial charge in [-0.2, -0.15) is 0 Å². The molecular weight excluding hydrogens is 286 g/mol. The molecule has 108 valence electrons. The van der Waals surface area contributed by atoms with E-state index in [-0.39, 0.29) is 0 Å². The molecule has 0 saturated heterocycles. The lowest BCUT2D eigenvalue weighted by molar-refractivity contribution is 0.112. The van der Waals surface area contributed by atoms with E-state index in [1.807, 2.05) is 30.3 Å². The van der Waals surface area contributed by atoms with Gasteiger partial charge in [0.1, 0.15) is 0 Å². The predicted molar refractivity (Wildman–Crippen MR) is 84.6 cm³/mol. The van der Waals surface area contributed by atoms with Crippen LogP contribution in [0.2, 0.25) is 0 Å². The summed E-state index contributed by atoms with van der Waals surface area (Å²) in [6.07, 6.45) is 2.16. The fourth-order valence-corrected chi connectivity index (χ4v) is 2.78. The van der Waals surface area contributed by atoms with Crippen molar-refractivity contribution in [3.63, 3.8) is 0 Å². The first-order valence-electron chi connectivity index (χ1n) is 6.31. The van der Waals surface area contributed by atoms with Crippen LogP contribution in [0, 0.1) is 0 Å². The SMILES string of the molecule is CN(c1ccccc1C=O)S(=O)(=O)/C=C/c1ccccc1. The Morgan fingerprint density at radius 3 is 2.24 bits per heavy atom. The van der Waals surface area contributed by atoms with Crippen LogP contribution in [0.1, 0.15) is 15.9 Å². The summed E-state index contributed by atoms with van der Waals surface area (Å²) in [5.74, 6) is 0. The first-order valence-corrected chi connectivity index (χ1v) is 7.81. The van der Waals surface area contributed by atoms with Crippen LogP contribution in [0.5, 0.6) is 0 Å². The lowest BCUT2D eigenvalue weighted by Gasteiger charge is -2.18. The summed E-state index contributed by atoms with van der Waals surface area (Å²) in [6, 6.07) is 15.7. The Hall–Kier alpha value is -2.40. The van der Waals surface area contributed by atoms with Gasteiger partial charge < -0.3 is 0 Å². The highest BCUT2D eigenvalue weighted by atomic mass is 32.2. The van der Waals surface area contributed by atoms with Crippen LogP contribution >= 0.6 is 0 Å². The number of sulfonamides is 1. The molecule has 0 amide bonds. The van der Waals surface area contributed by atoms with Crippen molar-refractivity contribution >= 4 is 28.1 Å². The van der Waals surface area contributed by atoms with E-state index in [4.69, 9.17) is 0 Å². The van der Waals surface area contributed by atoms with Gasteiger partial charge in [0.2, 0.25) is 0 Å². The summed E-state index contributed by atoms with van der Waals surface area (Å²) >= 11 is 0. The van der Waals surface area contributed by atoms with Gasteiger partial charge in [-0.25, -0.2) is 8.42 Å². The van der Waals surface area contributed by atoms with Gasteiger partial charge in [-0.15, -0.1) is 0 Å². The zero-order valence-electron chi connectivity index (χ0n) is 11.5. The van der Waals surface area contributed by atoms with Gasteiger partial charge in [0.15, 0.2) is 6.29 Å². The molecule has 2 rings (SSSR count). The smallest absolute Gasteiger partial charge is 0.257 e. The van der Waals surface area contributed by atoms with Crippen molar-refractivity contribution in [3.05, 3.63) is 71.1 Å². The number of hydrogen-bond acceptors (Lipinski definition) is 3. The Balaban J connectivity index is 2.31. The molecule has 0 aliphatic carbocycles. The standard InChI is InChI=1S/C16H15NO3S/c1-17(16-10-6-5-9-15(16)13-18)21(19,20)12-11-14-7-3-2-4-8-14/h2-13H,1H3/b12-11+. The first-order chi connectivity index (χ1) is 10.0. The Bertz CT molecular complexity index is 752. The van der Waals surface area contributed by atoms with Gasteiger partial charge >= 0.3 is 0 Å². The highest BCUT2D eigenvalue weighted by molar-refractivity contribution is 7.95. The van der Waals surface area contributed by atoms with Crippen molar-refractivity contribution in [1.29, 1.82) is 0 Å². The molecule has 21 heavy (non-hydrogen) atoms. The van der Waals surface area contributed by atoms with Crippen LogP contribution in [0.25, 0.3) is 6.08 Å². The number of anilines is 1. The van der Waals surface area contributed by atoms with Crippen LogP contribution in [0.3, 0.4) is 0 Å². The topological polar surface area (TPSA) is 54.5 Å². The molecule has 0 saturated carbocycles. The number of carbonyl (C=O) groups is 1. The van der Waals surface area contributed by atoms with E-state index < -0.39 is 10.0 Å². The minimum absolute atomic E-state index is 0.330. The average molecular weight is 301 g/mol. The second kappa shape index (κ2) is 6.37. The van der Waals surface area contributed by atoms with Crippen LogP contribution < -0.4 is 4.31 Å². The van der Waals surface area contributed by atoms with Crippen molar-refractivity contribution in [1.82, 2.24) is 0 Å². The number of rotatable bonds is 5. The molecule has 0 atom stereocenters. The number of carbonyl (C=O) groups excluding carboxylic acids is 1. The van der Waals surface area contributed by atoms with E-state index in [1.54, 1.807) is 24.3 Å². The van der Waals surface area contributed by atoms with Crippen molar-refractivity contribution in [2.24, 2.45) is 0 Å². The first kappa shape index (κ1) is 15.0. The largest absolute Gasteiger partial charge is 0.298 e. The fraction of sp³-hybridized carbons (Fsp3) is 0.0625. The molecule has 0 spiro atoms. The Kier molecular flexibility index (Phi) is 4.55. The summed E-state index contributed by atoms with van der Waals surface area (Å²) in [5.41, 5.74) is 1.47. The molecule has 0 aliphatic heterocycles. The average Bonchev–Trinajstić information content (AvgIpc) is 2.53. The molecule has 0 bridgehead atoms. The number of hydrogen-bond donors (Lipinski definition) is 0. The molecule has 0 unspecified atom stereocenters. The summed E-state index contributed by atoms with van der Waals surface area (Å²) in [6.45, 7) is 0. The monoisotopic (exact) mass is 301 g/mol. The normalized spacial score (nSPS) is 11.5. The molecule has 5 heteroatoms.